The van der Waals surface area contributed by atoms with Crippen molar-refractivity contribution >= 4 is 17.6 Å². The van der Waals surface area contributed by atoms with Gasteiger partial charge >= 0.3 is 6.09 Å². The zero-order chi connectivity index (χ0) is 22.8. The van der Waals surface area contributed by atoms with Crippen molar-refractivity contribution in [2.45, 2.75) is 33.1 Å². The Bertz CT molecular complexity index is 1170. The monoisotopic (exact) mass is 434 g/mol. The molecule has 32 heavy (non-hydrogen) atoms. The molecule has 2 amide bonds. The molecule has 3 aromatic rings. The predicted molar refractivity (Wildman–Crippen MR) is 124 cm³/mol. The molecule has 1 saturated heterocycles. The number of fused-ring (bicyclic) bond motifs is 1. The van der Waals surface area contributed by atoms with Crippen LogP contribution in [0, 0.1) is 19.8 Å². The second kappa shape index (κ2) is 9.02. The van der Waals surface area contributed by atoms with Crippen LogP contribution in [0.15, 0.2) is 36.5 Å². The molecule has 1 fully saturated rings. The van der Waals surface area contributed by atoms with Gasteiger partial charge in [0.15, 0.2) is 0 Å². The zero-order valence-corrected chi connectivity index (χ0v) is 19.1. The van der Waals surface area contributed by atoms with Gasteiger partial charge in [-0.15, -0.1) is 0 Å². The lowest BCUT2D eigenvalue weighted by molar-refractivity contribution is 0.0962. The minimum absolute atomic E-state index is 0.101. The number of carbonyl (C=O) groups excluding carboxylic acids is 2. The van der Waals surface area contributed by atoms with Gasteiger partial charge in [-0.3, -0.25) is 4.79 Å². The number of imidazole rings is 1. The van der Waals surface area contributed by atoms with Crippen LogP contribution >= 0.6 is 0 Å². The largest absolute Gasteiger partial charge is 0.453 e. The standard InChI is InChI=1S/C25H30N4O3/c1-16-9-11-29-21(14-18-6-5-10-28(15-18)25(31)32-4)23(27-22(29)12-16)20-8-7-19(13-17(20)2)24(30)26-3/h7-9,11-13,18H,5-6,10,14-15H2,1-4H3,(H,26,30). The van der Waals surface area contributed by atoms with E-state index in [-0.39, 0.29) is 12.0 Å². The van der Waals surface area contributed by atoms with Gasteiger partial charge in [-0.05, 0) is 74.4 Å². The minimum Gasteiger partial charge on any atom is -0.453 e. The highest BCUT2D eigenvalue weighted by Gasteiger charge is 2.27. The fourth-order valence-electron chi connectivity index (χ4n) is 4.62. The fourth-order valence-corrected chi connectivity index (χ4v) is 4.62. The summed E-state index contributed by atoms with van der Waals surface area (Å²) in [5, 5.41) is 2.68. The Morgan fingerprint density at radius 3 is 2.75 bits per heavy atom. The highest BCUT2D eigenvalue weighted by Crippen LogP contribution is 2.32. The molecule has 0 radical (unpaired) electrons. The van der Waals surface area contributed by atoms with Gasteiger partial charge in [-0.2, -0.15) is 0 Å². The Kier molecular flexibility index (Phi) is 6.17. The summed E-state index contributed by atoms with van der Waals surface area (Å²) < 4.78 is 7.10. The van der Waals surface area contributed by atoms with Crippen molar-refractivity contribution in [1.29, 1.82) is 0 Å². The molecule has 3 heterocycles. The molecular weight excluding hydrogens is 404 g/mol. The average Bonchev–Trinajstić information content (AvgIpc) is 3.14. The maximum Gasteiger partial charge on any atom is 0.409 e. The molecule has 2 aromatic heterocycles. The predicted octanol–water partition coefficient (Wildman–Crippen LogP) is 4.00. The minimum atomic E-state index is -0.260. The Balaban J connectivity index is 1.74. The molecule has 1 N–H and O–H groups in total. The number of rotatable bonds is 4. The van der Waals surface area contributed by atoms with E-state index in [9.17, 15) is 9.59 Å². The summed E-state index contributed by atoms with van der Waals surface area (Å²) in [6.07, 6.45) is 4.64. The number of benzene rings is 1. The van der Waals surface area contributed by atoms with Gasteiger partial charge in [0.05, 0.1) is 18.5 Å². The van der Waals surface area contributed by atoms with Crippen LogP contribution in [0.3, 0.4) is 0 Å². The van der Waals surface area contributed by atoms with E-state index >= 15 is 0 Å². The first-order valence-electron chi connectivity index (χ1n) is 11.0. The highest BCUT2D eigenvalue weighted by atomic mass is 16.5. The van der Waals surface area contributed by atoms with E-state index in [2.05, 4.69) is 35.0 Å². The molecule has 1 atom stereocenters. The first-order chi connectivity index (χ1) is 15.4. The first kappa shape index (κ1) is 21.9. The summed E-state index contributed by atoms with van der Waals surface area (Å²) in [5.74, 6) is 0.226. The number of aromatic nitrogens is 2. The van der Waals surface area contributed by atoms with E-state index in [1.807, 2.05) is 25.1 Å². The van der Waals surface area contributed by atoms with Gasteiger partial charge in [-0.1, -0.05) is 6.07 Å². The third kappa shape index (κ3) is 4.20. The van der Waals surface area contributed by atoms with E-state index in [0.717, 1.165) is 59.5 Å². The van der Waals surface area contributed by atoms with Crippen LogP contribution in [-0.2, 0) is 11.2 Å². The molecule has 1 unspecified atom stereocenters. The molecule has 0 bridgehead atoms. The van der Waals surface area contributed by atoms with Gasteiger partial charge in [0.1, 0.15) is 5.65 Å². The molecule has 1 aliphatic rings. The third-order valence-corrected chi connectivity index (χ3v) is 6.29. The second-order valence-electron chi connectivity index (χ2n) is 8.58. The van der Waals surface area contributed by atoms with Crippen molar-refractivity contribution in [2.24, 2.45) is 5.92 Å². The Morgan fingerprint density at radius 2 is 2.03 bits per heavy atom. The number of methoxy groups -OCH3 is 1. The van der Waals surface area contributed by atoms with Crippen LogP contribution in [-0.4, -0.2) is 53.5 Å². The lowest BCUT2D eigenvalue weighted by Gasteiger charge is -2.31. The Hall–Kier alpha value is -3.35. The number of pyridine rings is 1. The van der Waals surface area contributed by atoms with E-state index in [0.29, 0.717) is 18.0 Å². The van der Waals surface area contributed by atoms with Crippen molar-refractivity contribution in [2.75, 3.05) is 27.2 Å². The van der Waals surface area contributed by atoms with E-state index in [1.165, 1.54) is 7.11 Å². The van der Waals surface area contributed by atoms with Gasteiger partial charge in [0.25, 0.3) is 5.91 Å². The molecule has 4 rings (SSSR count). The molecule has 0 saturated carbocycles. The summed E-state index contributed by atoms with van der Waals surface area (Å²) in [6.45, 7) is 5.50. The normalized spacial score (nSPS) is 16.2. The smallest absolute Gasteiger partial charge is 0.409 e. The van der Waals surface area contributed by atoms with Crippen molar-refractivity contribution < 1.29 is 14.3 Å². The highest BCUT2D eigenvalue weighted by molar-refractivity contribution is 5.95. The summed E-state index contributed by atoms with van der Waals surface area (Å²) in [6, 6.07) is 9.92. The lowest BCUT2D eigenvalue weighted by Crippen LogP contribution is -2.40. The van der Waals surface area contributed by atoms with Crippen LogP contribution in [0.1, 0.15) is 40.0 Å². The van der Waals surface area contributed by atoms with Crippen LogP contribution < -0.4 is 5.32 Å². The Labute approximate surface area is 188 Å². The van der Waals surface area contributed by atoms with Gasteiger partial charge in [-0.25, -0.2) is 9.78 Å². The van der Waals surface area contributed by atoms with Crippen LogP contribution in [0.5, 0.6) is 0 Å². The van der Waals surface area contributed by atoms with Crippen molar-refractivity contribution in [3.05, 3.63) is 58.9 Å². The van der Waals surface area contributed by atoms with Crippen molar-refractivity contribution in [1.82, 2.24) is 19.6 Å². The van der Waals surface area contributed by atoms with Crippen LogP contribution in [0.2, 0.25) is 0 Å². The number of likely N-dealkylation sites (tertiary alicyclic amines) is 1. The molecule has 7 nitrogen and oxygen atoms in total. The number of aryl methyl sites for hydroxylation is 2. The first-order valence-corrected chi connectivity index (χ1v) is 11.0. The Morgan fingerprint density at radius 1 is 1.22 bits per heavy atom. The summed E-state index contributed by atoms with van der Waals surface area (Å²) in [4.78, 5) is 30.9. The average molecular weight is 435 g/mol. The maximum atomic E-state index is 12.1. The molecule has 1 aromatic carbocycles. The summed E-state index contributed by atoms with van der Waals surface area (Å²) >= 11 is 0. The van der Waals surface area contributed by atoms with Crippen molar-refractivity contribution in [3.8, 4) is 11.3 Å². The number of nitrogens with one attached hydrogen (secondary N) is 1. The molecule has 0 aliphatic carbocycles. The van der Waals surface area contributed by atoms with Gasteiger partial charge in [0.2, 0.25) is 0 Å². The number of ether oxygens (including phenoxy) is 1. The molecule has 1 aliphatic heterocycles. The summed E-state index contributed by atoms with van der Waals surface area (Å²) in [7, 11) is 3.07. The van der Waals surface area contributed by atoms with Crippen molar-refractivity contribution in [3.63, 3.8) is 0 Å². The number of amides is 2. The number of nitrogens with zero attached hydrogens (tertiary/aromatic N) is 3. The zero-order valence-electron chi connectivity index (χ0n) is 19.1. The number of hydrogen-bond acceptors (Lipinski definition) is 4. The molecule has 0 spiro atoms. The van der Waals surface area contributed by atoms with E-state index < -0.39 is 0 Å². The van der Waals surface area contributed by atoms with Gasteiger partial charge in [0, 0.05) is 37.5 Å². The lowest BCUT2D eigenvalue weighted by atomic mass is 9.91. The SMILES string of the molecule is CNC(=O)c1ccc(-c2nc3cc(C)ccn3c2CC2CCCN(C(=O)OC)C2)c(C)c1. The van der Waals surface area contributed by atoms with Crippen LogP contribution in [0.4, 0.5) is 4.79 Å². The molecule has 168 valence electrons. The number of hydrogen-bond donors (Lipinski definition) is 1. The van der Waals surface area contributed by atoms with E-state index in [1.54, 1.807) is 11.9 Å². The quantitative estimate of drug-likeness (QED) is 0.674. The van der Waals surface area contributed by atoms with Crippen LogP contribution in [0.25, 0.3) is 16.9 Å². The maximum absolute atomic E-state index is 12.1. The fraction of sp³-hybridized carbons (Fsp3) is 0.400. The number of piperidine rings is 1. The molecule has 7 heteroatoms. The third-order valence-electron chi connectivity index (χ3n) is 6.29. The van der Waals surface area contributed by atoms with Gasteiger partial charge < -0.3 is 19.4 Å². The molecular formula is C25H30N4O3. The topological polar surface area (TPSA) is 75.9 Å². The summed E-state index contributed by atoms with van der Waals surface area (Å²) in [5.41, 5.74) is 6.80. The van der Waals surface area contributed by atoms with E-state index in [4.69, 9.17) is 9.72 Å². The number of carbonyl (C=O) groups is 2. The second-order valence-corrected chi connectivity index (χ2v) is 8.58.